The molecule has 1 aromatic heterocycles. The molecule has 3 rings (SSSR count). The molecule has 0 aliphatic heterocycles. The van der Waals surface area contributed by atoms with Crippen LogP contribution in [0.15, 0.2) is 64.2 Å². The Morgan fingerprint density at radius 1 is 1.14 bits per heavy atom. The van der Waals surface area contributed by atoms with E-state index in [1.807, 2.05) is 31.2 Å². The van der Waals surface area contributed by atoms with Crippen LogP contribution in [0.2, 0.25) is 0 Å². The summed E-state index contributed by atoms with van der Waals surface area (Å²) < 4.78 is 8.52. The Hall–Kier alpha value is -2.86. The van der Waals surface area contributed by atoms with Crippen LogP contribution in [-0.2, 0) is 4.79 Å². The van der Waals surface area contributed by atoms with Crippen LogP contribution < -0.4 is 10.2 Å². The molecule has 6 heteroatoms. The van der Waals surface area contributed by atoms with E-state index in [0.29, 0.717) is 5.75 Å². The number of nitrogens with one attached hydrogen (secondary N) is 1. The largest absolute Gasteiger partial charge is 0.484 e. The van der Waals surface area contributed by atoms with E-state index >= 15 is 0 Å². The average molecular weight is 440 g/mol. The Bertz CT molecular complexity index is 1020. The van der Waals surface area contributed by atoms with Crippen molar-refractivity contribution in [3.8, 4) is 11.4 Å². The van der Waals surface area contributed by atoms with Gasteiger partial charge in [-0.25, -0.2) is 5.43 Å². The molecule has 0 saturated heterocycles. The third-order valence-electron chi connectivity index (χ3n) is 4.29. The number of aryl methyl sites for hydroxylation is 2. The van der Waals surface area contributed by atoms with Crippen molar-refractivity contribution >= 4 is 28.1 Å². The molecule has 0 radical (unpaired) electrons. The Kier molecular flexibility index (Phi) is 6.31. The monoisotopic (exact) mass is 439 g/mol. The quantitative estimate of drug-likeness (QED) is 0.447. The summed E-state index contributed by atoms with van der Waals surface area (Å²) in [5, 5.41) is 4.07. The molecule has 1 amide bonds. The fraction of sp³-hybridized carbons (Fsp3) is 0.182. The van der Waals surface area contributed by atoms with Crippen LogP contribution in [0.1, 0.15) is 22.5 Å². The summed E-state index contributed by atoms with van der Waals surface area (Å²) in [6.45, 7) is 6.06. The van der Waals surface area contributed by atoms with E-state index in [4.69, 9.17) is 4.74 Å². The maximum Gasteiger partial charge on any atom is 0.277 e. The van der Waals surface area contributed by atoms with E-state index in [9.17, 15) is 4.79 Å². The average Bonchev–Trinajstić information content (AvgIpc) is 2.93. The predicted octanol–water partition coefficient (Wildman–Crippen LogP) is 4.69. The second-order valence-corrected chi connectivity index (χ2v) is 7.46. The molecule has 0 unspecified atom stereocenters. The summed E-state index contributed by atoms with van der Waals surface area (Å²) in [5.74, 6) is 0.305. The SMILES string of the molecule is Cc1cccc(-n2c(C)cc(/C=N/NC(=O)COc3cccc(Br)c3)c2C)c1. The van der Waals surface area contributed by atoms with Gasteiger partial charge in [0.15, 0.2) is 6.61 Å². The van der Waals surface area contributed by atoms with Crippen LogP contribution in [0.4, 0.5) is 0 Å². The second-order valence-electron chi connectivity index (χ2n) is 6.54. The minimum Gasteiger partial charge on any atom is -0.484 e. The van der Waals surface area contributed by atoms with Crippen LogP contribution >= 0.6 is 15.9 Å². The van der Waals surface area contributed by atoms with E-state index in [-0.39, 0.29) is 12.5 Å². The molecule has 0 aliphatic rings. The van der Waals surface area contributed by atoms with Gasteiger partial charge < -0.3 is 9.30 Å². The smallest absolute Gasteiger partial charge is 0.277 e. The van der Waals surface area contributed by atoms with Gasteiger partial charge in [0.2, 0.25) is 0 Å². The number of hydrogen-bond acceptors (Lipinski definition) is 3. The summed E-state index contributed by atoms with van der Waals surface area (Å²) >= 11 is 3.37. The van der Waals surface area contributed by atoms with Crippen LogP contribution in [0.5, 0.6) is 5.75 Å². The predicted molar refractivity (Wildman–Crippen MR) is 115 cm³/mol. The van der Waals surface area contributed by atoms with Gasteiger partial charge in [-0.2, -0.15) is 5.10 Å². The molecule has 1 N–H and O–H groups in total. The molecule has 0 atom stereocenters. The number of carbonyl (C=O) groups is 1. The summed E-state index contributed by atoms with van der Waals surface area (Å²) in [4.78, 5) is 11.9. The molecule has 0 saturated carbocycles. The Morgan fingerprint density at radius 2 is 1.93 bits per heavy atom. The van der Waals surface area contributed by atoms with Crippen molar-refractivity contribution in [2.75, 3.05) is 6.61 Å². The number of rotatable bonds is 6. The van der Waals surface area contributed by atoms with Gasteiger partial charge in [0.25, 0.3) is 5.91 Å². The Balaban J connectivity index is 1.63. The van der Waals surface area contributed by atoms with Gasteiger partial charge in [-0.05, 0) is 62.7 Å². The maximum atomic E-state index is 11.9. The second kappa shape index (κ2) is 8.89. The zero-order chi connectivity index (χ0) is 20.1. The standard InChI is InChI=1S/C22H22BrN3O2/c1-15-6-4-8-20(10-15)26-16(2)11-18(17(26)3)13-24-25-22(27)14-28-21-9-5-7-19(23)12-21/h4-13H,14H2,1-3H3,(H,25,27)/b24-13+. The highest BCUT2D eigenvalue weighted by molar-refractivity contribution is 9.10. The lowest BCUT2D eigenvalue weighted by atomic mass is 10.2. The molecular weight excluding hydrogens is 418 g/mol. The number of nitrogens with zero attached hydrogens (tertiary/aromatic N) is 2. The van der Waals surface area contributed by atoms with Crippen LogP contribution in [0, 0.1) is 20.8 Å². The molecule has 0 spiro atoms. The zero-order valence-corrected chi connectivity index (χ0v) is 17.7. The molecule has 28 heavy (non-hydrogen) atoms. The highest BCUT2D eigenvalue weighted by Gasteiger charge is 2.09. The number of ether oxygens (including phenoxy) is 1. The molecule has 0 fully saturated rings. The van der Waals surface area contributed by atoms with Gasteiger partial charge >= 0.3 is 0 Å². The molecule has 3 aromatic rings. The first-order chi connectivity index (χ1) is 13.4. The van der Waals surface area contributed by atoms with Crippen LogP contribution in [0.25, 0.3) is 5.69 Å². The highest BCUT2D eigenvalue weighted by Crippen LogP contribution is 2.20. The van der Waals surface area contributed by atoms with Crippen molar-refractivity contribution in [2.24, 2.45) is 5.10 Å². The lowest BCUT2D eigenvalue weighted by molar-refractivity contribution is -0.123. The summed E-state index contributed by atoms with van der Waals surface area (Å²) in [7, 11) is 0. The normalized spacial score (nSPS) is 11.0. The van der Waals surface area contributed by atoms with Gasteiger partial charge in [-0.3, -0.25) is 4.79 Å². The van der Waals surface area contributed by atoms with Crippen LogP contribution in [-0.4, -0.2) is 23.3 Å². The molecule has 0 aliphatic carbocycles. The fourth-order valence-corrected chi connectivity index (χ4v) is 3.37. The molecule has 1 heterocycles. The number of amides is 1. The van der Waals surface area contributed by atoms with Crippen molar-refractivity contribution in [3.05, 3.63) is 81.6 Å². The van der Waals surface area contributed by atoms with Gasteiger partial charge in [0, 0.05) is 27.1 Å². The highest BCUT2D eigenvalue weighted by atomic mass is 79.9. The first-order valence-electron chi connectivity index (χ1n) is 8.90. The molecular formula is C22H22BrN3O2. The number of hydrazone groups is 1. The summed E-state index contributed by atoms with van der Waals surface area (Å²) in [6, 6.07) is 17.7. The van der Waals surface area contributed by atoms with Gasteiger partial charge in [0.1, 0.15) is 5.75 Å². The van der Waals surface area contributed by atoms with E-state index in [0.717, 1.165) is 27.1 Å². The minimum absolute atomic E-state index is 0.101. The number of aromatic nitrogens is 1. The lowest BCUT2D eigenvalue weighted by Gasteiger charge is -2.10. The zero-order valence-electron chi connectivity index (χ0n) is 16.1. The number of benzene rings is 2. The molecule has 0 bridgehead atoms. The van der Waals surface area contributed by atoms with Crippen molar-refractivity contribution in [3.63, 3.8) is 0 Å². The minimum atomic E-state index is -0.316. The number of hydrogen-bond donors (Lipinski definition) is 1. The summed E-state index contributed by atoms with van der Waals surface area (Å²) in [5.41, 5.74) is 7.94. The van der Waals surface area contributed by atoms with Gasteiger partial charge in [0.05, 0.1) is 6.21 Å². The van der Waals surface area contributed by atoms with Crippen molar-refractivity contribution < 1.29 is 9.53 Å². The van der Waals surface area contributed by atoms with E-state index < -0.39 is 0 Å². The molecule has 5 nitrogen and oxygen atoms in total. The molecule has 144 valence electrons. The maximum absolute atomic E-state index is 11.9. The number of halogens is 1. The summed E-state index contributed by atoms with van der Waals surface area (Å²) in [6.07, 6.45) is 1.66. The Morgan fingerprint density at radius 3 is 2.68 bits per heavy atom. The van der Waals surface area contributed by atoms with E-state index in [2.05, 4.69) is 63.1 Å². The first kappa shape index (κ1) is 19.9. The number of carbonyl (C=O) groups excluding carboxylic acids is 1. The van der Waals surface area contributed by atoms with Crippen molar-refractivity contribution in [1.82, 2.24) is 9.99 Å². The van der Waals surface area contributed by atoms with Gasteiger partial charge in [-0.15, -0.1) is 0 Å². The fourth-order valence-electron chi connectivity index (χ4n) is 2.99. The van der Waals surface area contributed by atoms with Crippen molar-refractivity contribution in [1.29, 1.82) is 0 Å². The van der Waals surface area contributed by atoms with Crippen molar-refractivity contribution in [2.45, 2.75) is 20.8 Å². The Labute approximate surface area is 173 Å². The van der Waals surface area contributed by atoms with Crippen LogP contribution in [0.3, 0.4) is 0 Å². The van der Waals surface area contributed by atoms with E-state index in [1.54, 1.807) is 18.3 Å². The lowest BCUT2D eigenvalue weighted by Crippen LogP contribution is -2.24. The van der Waals surface area contributed by atoms with Gasteiger partial charge in [-0.1, -0.05) is 34.1 Å². The molecule has 2 aromatic carbocycles. The third-order valence-corrected chi connectivity index (χ3v) is 4.78. The topological polar surface area (TPSA) is 55.6 Å². The first-order valence-corrected chi connectivity index (χ1v) is 9.69. The third kappa shape index (κ3) is 4.89. The van der Waals surface area contributed by atoms with E-state index in [1.165, 1.54) is 5.56 Å².